The van der Waals surface area contributed by atoms with Crippen LogP contribution < -0.4 is 4.72 Å². The van der Waals surface area contributed by atoms with E-state index < -0.39 is 52.8 Å². The summed E-state index contributed by atoms with van der Waals surface area (Å²) in [5, 5.41) is 20.3. The Morgan fingerprint density at radius 2 is 1.74 bits per heavy atom. The smallest absolute Gasteiger partial charge is 0.511 e. The molecule has 0 saturated carbocycles. The number of hydrazine groups is 1. The van der Waals surface area contributed by atoms with Crippen LogP contribution in [0.4, 0.5) is 18.0 Å². The topological polar surface area (TPSA) is 167 Å². The van der Waals surface area contributed by atoms with Crippen LogP contribution in [0.5, 0.6) is 0 Å². The van der Waals surface area contributed by atoms with Crippen LogP contribution in [0.1, 0.15) is 37.9 Å². The number of nitrogens with zero attached hydrogens (tertiary/aromatic N) is 5. The van der Waals surface area contributed by atoms with Gasteiger partial charge in [0.25, 0.3) is 16.8 Å². The van der Waals surface area contributed by atoms with E-state index in [0.29, 0.717) is 5.56 Å². The Hall–Kier alpha value is -4.87. The molecule has 1 aromatic heterocycles. The van der Waals surface area contributed by atoms with Gasteiger partial charge < -0.3 is 19.5 Å². The van der Waals surface area contributed by atoms with Crippen molar-refractivity contribution in [1.82, 2.24) is 19.5 Å². The number of carbonyl (C=O) groups excluding carboxylic acids is 2. The Balaban J connectivity index is 1.37. The van der Waals surface area contributed by atoms with E-state index in [0.717, 1.165) is 28.4 Å². The molecular formula is C28H31F3N6O8S. The minimum Gasteiger partial charge on any atom is -0.569 e. The maximum Gasteiger partial charge on any atom is 0.511 e. The molecule has 0 aliphatic carbocycles. The van der Waals surface area contributed by atoms with Crippen molar-refractivity contribution in [3.05, 3.63) is 71.1 Å². The molecule has 46 heavy (non-hydrogen) atoms. The predicted molar refractivity (Wildman–Crippen MR) is 153 cm³/mol. The van der Waals surface area contributed by atoms with E-state index in [1.54, 1.807) is 38.1 Å². The van der Waals surface area contributed by atoms with Gasteiger partial charge in [-0.15, -0.1) is 5.01 Å². The van der Waals surface area contributed by atoms with Gasteiger partial charge in [-0.05, 0) is 63.9 Å². The molecule has 0 radical (unpaired) electrons. The summed E-state index contributed by atoms with van der Waals surface area (Å²) in [4.78, 5) is 28.5. The standard InChI is InChI=1S/C28H31F3N6O8S/c1-18(2)45-27(39)43-17-44-34-37(40)35-14-12-21(13-15-35)26(38)33-46(41,42)23-10-8-22(9-11-23)36-24(16-25(32-36)28(29,30)31)20-6-4-19(3)5-7-20/h4-11,16,18,21H,12-15,17H2,1-3H3,(H,33,38). The summed E-state index contributed by atoms with van der Waals surface area (Å²) in [6.45, 7) is 4.51. The van der Waals surface area contributed by atoms with Crippen LogP contribution in [-0.2, 0) is 35.3 Å². The molecule has 18 heteroatoms. The first-order valence-electron chi connectivity index (χ1n) is 13.9. The number of ether oxygens (including phenoxy) is 2. The maximum absolute atomic E-state index is 13.5. The van der Waals surface area contributed by atoms with Crippen molar-refractivity contribution in [2.45, 2.75) is 50.8 Å². The fraction of sp³-hybridized carbons (Fsp3) is 0.393. The normalized spacial score (nSPS) is 14.7. The van der Waals surface area contributed by atoms with Gasteiger partial charge in [0.2, 0.25) is 11.2 Å². The van der Waals surface area contributed by atoms with Gasteiger partial charge in [0, 0.05) is 11.5 Å². The second kappa shape index (κ2) is 14.1. The number of piperidine rings is 1. The molecule has 1 aliphatic heterocycles. The van der Waals surface area contributed by atoms with Gasteiger partial charge >= 0.3 is 12.3 Å². The van der Waals surface area contributed by atoms with Crippen LogP contribution in [0, 0.1) is 18.0 Å². The maximum atomic E-state index is 13.5. The molecule has 0 spiro atoms. The lowest BCUT2D eigenvalue weighted by molar-refractivity contribution is -0.713. The molecule has 3 aromatic rings. The van der Waals surface area contributed by atoms with Crippen molar-refractivity contribution >= 4 is 22.1 Å². The molecule has 2 aromatic carbocycles. The molecule has 14 nitrogen and oxygen atoms in total. The van der Waals surface area contributed by atoms with Crippen LogP contribution in [0.2, 0.25) is 0 Å². The zero-order chi connectivity index (χ0) is 33.6. The number of sulfonamides is 1. The van der Waals surface area contributed by atoms with Crippen molar-refractivity contribution in [2.24, 2.45) is 11.2 Å². The average Bonchev–Trinajstić information content (AvgIpc) is 3.46. The number of hydrogen-bond acceptors (Lipinski definition) is 10. The van der Waals surface area contributed by atoms with Crippen LogP contribution in [-0.4, -0.2) is 66.2 Å². The van der Waals surface area contributed by atoms with E-state index in [1.165, 1.54) is 17.1 Å². The lowest BCUT2D eigenvalue weighted by Gasteiger charge is -2.27. The molecular weight excluding hydrogens is 637 g/mol. The summed E-state index contributed by atoms with van der Waals surface area (Å²) in [6, 6.07) is 12.6. The van der Waals surface area contributed by atoms with Gasteiger partial charge in [-0.1, -0.05) is 29.8 Å². The number of rotatable bonds is 10. The first-order chi connectivity index (χ1) is 21.6. The quantitative estimate of drug-likeness (QED) is 0.0798. The third kappa shape index (κ3) is 8.64. The molecule has 1 amide bonds. The number of nitrogens with one attached hydrogen (secondary N) is 1. The van der Waals surface area contributed by atoms with Gasteiger partial charge in [-0.2, -0.15) is 18.3 Å². The fourth-order valence-electron chi connectivity index (χ4n) is 4.41. The highest BCUT2D eigenvalue weighted by molar-refractivity contribution is 7.90. The summed E-state index contributed by atoms with van der Waals surface area (Å²) in [7, 11) is -4.34. The largest absolute Gasteiger partial charge is 0.569 e. The van der Waals surface area contributed by atoms with Crippen LogP contribution >= 0.6 is 0 Å². The van der Waals surface area contributed by atoms with Crippen molar-refractivity contribution in [3.8, 4) is 16.9 Å². The number of halogens is 3. The van der Waals surface area contributed by atoms with Gasteiger partial charge in [0.15, 0.2) is 5.69 Å². The molecule has 2 heterocycles. The summed E-state index contributed by atoms with van der Waals surface area (Å²) in [5.41, 5.74) is 0.593. The van der Waals surface area contributed by atoms with Crippen LogP contribution in [0.25, 0.3) is 16.9 Å². The number of amides is 1. The molecule has 0 atom stereocenters. The van der Waals surface area contributed by atoms with E-state index in [9.17, 15) is 36.4 Å². The van der Waals surface area contributed by atoms with E-state index in [1.807, 2.05) is 11.6 Å². The molecule has 1 aliphatic rings. The van der Waals surface area contributed by atoms with Gasteiger partial charge in [0.05, 0.1) is 40.4 Å². The first kappa shape index (κ1) is 34.0. The minimum absolute atomic E-state index is 0.0482. The van der Waals surface area contributed by atoms with Crippen molar-refractivity contribution in [3.63, 3.8) is 0 Å². The Morgan fingerprint density at radius 3 is 2.33 bits per heavy atom. The van der Waals surface area contributed by atoms with Gasteiger partial charge in [0.1, 0.15) is 0 Å². The minimum atomic E-state index is -4.71. The van der Waals surface area contributed by atoms with Gasteiger partial charge in [-0.25, -0.2) is 22.6 Å². The molecule has 0 bridgehead atoms. The van der Waals surface area contributed by atoms with Crippen LogP contribution in [0.15, 0.2) is 64.8 Å². The molecule has 248 valence electrons. The summed E-state index contributed by atoms with van der Waals surface area (Å²) >= 11 is 0. The number of carbonyl (C=O) groups is 2. The second-order valence-electron chi connectivity index (χ2n) is 10.5. The lowest BCUT2D eigenvalue weighted by Crippen LogP contribution is -2.44. The van der Waals surface area contributed by atoms with Gasteiger partial charge in [-0.3, -0.25) is 4.79 Å². The van der Waals surface area contributed by atoms with Crippen LogP contribution in [0.3, 0.4) is 0 Å². The number of benzene rings is 2. The summed E-state index contributed by atoms with van der Waals surface area (Å²) < 4.78 is 78.8. The monoisotopic (exact) mass is 668 g/mol. The Morgan fingerprint density at radius 1 is 1.11 bits per heavy atom. The number of hydrogen-bond donors (Lipinski definition) is 1. The highest BCUT2D eigenvalue weighted by atomic mass is 32.2. The third-order valence-corrected chi connectivity index (χ3v) is 8.11. The average molecular weight is 669 g/mol. The van der Waals surface area contributed by atoms with E-state index in [2.05, 4.69) is 20.0 Å². The summed E-state index contributed by atoms with van der Waals surface area (Å²) in [5.74, 6) is -1.52. The molecule has 1 saturated heterocycles. The van der Waals surface area contributed by atoms with Crippen molar-refractivity contribution in [2.75, 3.05) is 19.9 Å². The highest BCUT2D eigenvalue weighted by Crippen LogP contribution is 2.33. The first-order valence-corrected chi connectivity index (χ1v) is 15.4. The number of aryl methyl sites for hydroxylation is 1. The summed E-state index contributed by atoms with van der Waals surface area (Å²) in [6.07, 6.45) is -5.87. The lowest BCUT2D eigenvalue weighted by atomic mass is 9.97. The van der Waals surface area contributed by atoms with E-state index in [-0.39, 0.29) is 47.2 Å². The molecule has 1 fully saturated rings. The Bertz CT molecular complexity index is 1670. The zero-order valence-electron chi connectivity index (χ0n) is 24.9. The Labute approximate surface area is 261 Å². The van der Waals surface area contributed by atoms with E-state index >= 15 is 0 Å². The SMILES string of the molecule is Cc1ccc(-c2cc(C(F)(F)F)nn2-c2ccc(S(=O)(=O)NC(=O)C3CCN([N+]([O-])=NOCOC(=O)OC(C)C)CC3)cc2)cc1. The number of alkyl halides is 3. The molecule has 0 unspecified atom stereocenters. The highest BCUT2D eigenvalue weighted by Gasteiger charge is 2.35. The molecule has 1 N–H and O–H groups in total. The Kier molecular flexibility index (Phi) is 10.4. The number of aromatic nitrogens is 2. The van der Waals surface area contributed by atoms with Crippen molar-refractivity contribution < 1.29 is 50.5 Å². The third-order valence-electron chi connectivity index (χ3n) is 6.75. The van der Waals surface area contributed by atoms with Crippen molar-refractivity contribution in [1.29, 1.82) is 0 Å². The molecule has 4 rings (SSSR count). The second-order valence-corrected chi connectivity index (χ2v) is 12.2. The predicted octanol–water partition coefficient (Wildman–Crippen LogP) is 4.71. The zero-order valence-corrected chi connectivity index (χ0v) is 25.7. The van der Waals surface area contributed by atoms with E-state index in [4.69, 9.17) is 4.74 Å². The fourth-order valence-corrected chi connectivity index (χ4v) is 5.46.